The average molecular weight is 291 g/mol. The van der Waals surface area contributed by atoms with Crippen molar-refractivity contribution < 1.29 is 0 Å². The van der Waals surface area contributed by atoms with Gasteiger partial charge in [0, 0.05) is 31.2 Å². The molecule has 5 heteroatoms. The third-order valence-electron chi connectivity index (χ3n) is 3.76. The van der Waals surface area contributed by atoms with Gasteiger partial charge in [0.25, 0.3) is 0 Å². The summed E-state index contributed by atoms with van der Waals surface area (Å²) in [6.07, 6.45) is 0. The van der Waals surface area contributed by atoms with Gasteiger partial charge in [-0.3, -0.25) is 0 Å². The van der Waals surface area contributed by atoms with Crippen LogP contribution in [-0.2, 0) is 0 Å². The molecule has 1 aromatic carbocycles. The number of piperazine rings is 1. The molecule has 0 aliphatic carbocycles. The van der Waals surface area contributed by atoms with Crippen LogP contribution in [0, 0.1) is 13.8 Å². The number of anilines is 1. The number of halogens is 1. The minimum Gasteiger partial charge on any atom is -0.366 e. The predicted molar refractivity (Wildman–Crippen MR) is 83.1 cm³/mol. The average Bonchev–Trinajstić information content (AvgIpc) is 2.76. The molecule has 1 N–H and O–H groups in total. The number of nitrogens with zero attached hydrogens (tertiary/aromatic N) is 3. The monoisotopic (exact) mass is 290 g/mol. The summed E-state index contributed by atoms with van der Waals surface area (Å²) >= 11 is 5.95. The fraction of sp³-hybridized carbons (Fsp3) is 0.400. The number of rotatable bonds is 2. The highest BCUT2D eigenvalue weighted by Gasteiger charge is 2.20. The van der Waals surface area contributed by atoms with Crippen molar-refractivity contribution in [2.24, 2.45) is 0 Å². The maximum absolute atomic E-state index is 5.95. The van der Waals surface area contributed by atoms with Gasteiger partial charge < -0.3 is 10.2 Å². The third-order valence-corrected chi connectivity index (χ3v) is 4.01. The van der Waals surface area contributed by atoms with Gasteiger partial charge in [-0.15, -0.1) is 0 Å². The molecule has 0 bridgehead atoms. The zero-order valence-corrected chi connectivity index (χ0v) is 12.6. The van der Waals surface area contributed by atoms with E-state index in [1.54, 1.807) is 0 Å². The number of hydrogen-bond donors (Lipinski definition) is 1. The standard InChI is InChI=1S/C15H19ClN4/c1-11-15(19-9-7-17-8-10-19)12(2)20(18-11)14-5-3-13(16)4-6-14/h3-6,17H,7-10H2,1-2H3. The van der Waals surface area contributed by atoms with Gasteiger partial charge in [0.05, 0.1) is 22.8 Å². The molecule has 3 rings (SSSR count). The van der Waals surface area contributed by atoms with Crippen molar-refractivity contribution in [3.8, 4) is 5.69 Å². The van der Waals surface area contributed by atoms with Crippen molar-refractivity contribution in [1.82, 2.24) is 15.1 Å². The molecule has 0 saturated carbocycles. The van der Waals surface area contributed by atoms with Crippen molar-refractivity contribution in [2.45, 2.75) is 13.8 Å². The molecule has 1 saturated heterocycles. The Balaban J connectivity index is 1.99. The Kier molecular flexibility index (Phi) is 3.68. The largest absolute Gasteiger partial charge is 0.366 e. The summed E-state index contributed by atoms with van der Waals surface area (Å²) in [7, 11) is 0. The lowest BCUT2D eigenvalue weighted by Crippen LogP contribution is -2.43. The molecule has 2 aromatic rings. The lowest BCUT2D eigenvalue weighted by Gasteiger charge is -2.29. The number of nitrogens with one attached hydrogen (secondary N) is 1. The topological polar surface area (TPSA) is 33.1 Å². The van der Waals surface area contributed by atoms with E-state index < -0.39 is 0 Å². The smallest absolute Gasteiger partial charge is 0.0834 e. The molecule has 1 fully saturated rings. The lowest BCUT2D eigenvalue weighted by molar-refractivity contribution is 0.587. The Hall–Kier alpha value is -1.52. The van der Waals surface area contributed by atoms with Crippen molar-refractivity contribution in [2.75, 3.05) is 31.1 Å². The number of aromatic nitrogens is 2. The van der Waals surface area contributed by atoms with E-state index in [9.17, 15) is 0 Å². The van der Waals surface area contributed by atoms with E-state index in [1.165, 1.54) is 11.4 Å². The van der Waals surface area contributed by atoms with Crippen LogP contribution < -0.4 is 10.2 Å². The molecule has 1 aliphatic heterocycles. The highest BCUT2D eigenvalue weighted by molar-refractivity contribution is 6.30. The molecule has 0 unspecified atom stereocenters. The van der Waals surface area contributed by atoms with Crippen molar-refractivity contribution in [3.63, 3.8) is 0 Å². The normalized spacial score (nSPS) is 15.7. The van der Waals surface area contributed by atoms with Gasteiger partial charge in [0.15, 0.2) is 0 Å². The van der Waals surface area contributed by atoms with Crippen LogP contribution in [0.5, 0.6) is 0 Å². The quantitative estimate of drug-likeness (QED) is 0.923. The van der Waals surface area contributed by atoms with Crippen molar-refractivity contribution in [3.05, 3.63) is 40.7 Å². The van der Waals surface area contributed by atoms with Gasteiger partial charge in [-0.2, -0.15) is 5.10 Å². The SMILES string of the molecule is Cc1nn(-c2ccc(Cl)cc2)c(C)c1N1CCNCC1. The molecule has 1 aromatic heterocycles. The Morgan fingerprint density at radius 3 is 2.40 bits per heavy atom. The van der Waals surface area contributed by atoms with Crippen molar-refractivity contribution in [1.29, 1.82) is 0 Å². The van der Waals surface area contributed by atoms with Crippen LogP contribution in [0.25, 0.3) is 5.69 Å². The van der Waals surface area contributed by atoms with Crippen LogP contribution >= 0.6 is 11.6 Å². The molecule has 0 amide bonds. The fourth-order valence-electron chi connectivity index (χ4n) is 2.81. The number of hydrogen-bond acceptors (Lipinski definition) is 3. The molecule has 1 aliphatic rings. The van der Waals surface area contributed by atoms with E-state index in [-0.39, 0.29) is 0 Å². The van der Waals surface area contributed by atoms with E-state index in [4.69, 9.17) is 16.7 Å². The van der Waals surface area contributed by atoms with Gasteiger partial charge in [-0.05, 0) is 38.1 Å². The van der Waals surface area contributed by atoms with Gasteiger partial charge in [-0.25, -0.2) is 4.68 Å². The van der Waals surface area contributed by atoms with Gasteiger partial charge >= 0.3 is 0 Å². The molecular weight excluding hydrogens is 272 g/mol. The van der Waals surface area contributed by atoms with Crippen molar-refractivity contribution >= 4 is 17.3 Å². The number of aryl methyl sites for hydroxylation is 1. The first-order chi connectivity index (χ1) is 9.66. The zero-order valence-electron chi connectivity index (χ0n) is 11.9. The van der Waals surface area contributed by atoms with Crippen LogP contribution in [-0.4, -0.2) is 36.0 Å². The Morgan fingerprint density at radius 2 is 1.75 bits per heavy atom. The van der Waals surface area contributed by atoms with E-state index in [2.05, 4.69) is 24.1 Å². The van der Waals surface area contributed by atoms with E-state index >= 15 is 0 Å². The summed E-state index contributed by atoms with van der Waals surface area (Å²) in [4.78, 5) is 2.42. The molecule has 20 heavy (non-hydrogen) atoms. The van der Waals surface area contributed by atoms with Crippen LogP contribution in [0.2, 0.25) is 5.02 Å². The summed E-state index contributed by atoms with van der Waals surface area (Å²) in [5.74, 6) is 0. The minimum atomic E-state index is 0.748. The molecule has 0 atom stereocenters. The first-order valence-electron chi connectivity index (χ1n) is 6.94. The highest BCUT2D eigenvalue weighted by atomic mass is 35.5. The summed E-state index contributed by atoms with van der Waals surface area (Å²) in [6.45, 7) is 8.35. The summed E-state index contributed by atoms with van der Waals surface area (Å²) in [6, 6.07) is 7.81. The second-order valence-electron chi connectivity index (χ2n) is 5.14. The first-order valence-corrected chi connectivity index (χ1v) is 7.32. The molecular formula is C15H19ClN4. The summed E-state index contributed by atoms with van der Waals surface area (Å²) in [5.41, 5.74) is 4.59. The van der Waals surface area contributed by atoms with Gasteiger partial charge in [0.2, 0.25) is 0 Å². The van der Waals surface area contributed by atoms with E-state index in [0.29, 0.717) is 0 Å². The molecule has 4 nitrogen and oxygen atoms in total. The number of benzene rings is 1. The van der Waals surface area contributed by atoms with E-state index in [1.807, 2.05) is 28.9 Å². The maximum Gasteiger partial charge on any atom is 0.0834 e. The minimum absolute atomic E-state index is 0.748. The Morgan fingerprint density at radius 1 is 1.10 bits per heavy atom. The second kappa shape index (κ2) is 5.46. The predicted octanol–water partition coefficient (Wildman–Crippen LogP) is 2.55. The van der Waals surface area contributed by atoms with Crippen LogP contribution in [0.3, 0.4) is 0 Å². The fourth-order valence-corrected chi connectivity index (χ4v) is 2.94. The van der Waals surface area contributed by atoms with Crippen LogP contribution in [0.1, 0.15) is 11.4 Å². The van der Waals surface area contributed by atoms with Crippen LogP contribution in [0.4, 0.5) is 5.69 Å². The Bertz CT molecular complexity index is 597. The molecule has 0 spiro atoms. The maximum atomic E-state index is 5.95. The Labute approximate surface area is 124 Å². The second-order valence-corrected chi connectivity index (χ2v) is 5.58. The van der Waals surface area contributed by atoms with Gasteiger partial charge in [0.1, 0.15) is 0 Å². The lowest BCUT2D eigenvalue weighted by atomic mass is 10.2. The summed E-state index contributed by atoms with van der Waals surface area (Å²) < 4.78 is 2.00. The van der Waals surface area contributed by atoms with E-state index in [0.717, 1.165) is 42.6 Å². The zero-order chi connectivity index (χ0) is 14.1. The van der Waals surface area contributed by atoms with Crippen LogP contribution in [0.15, 0.2) is 24.3 Å². The van der Waals surface area contributed by atoms with Gasteiger partial charge in [-0.1, -0.05) is 11.6 Å². The third kappa shape index (κ3) is 2.41. The highest BCUT2D eigenvalue weighted by Crippen LogP contribution is 2.27. The molecule has 106 valence electrons. The molecule has 0 radical (unpaired) electrons. The molecule has 2 heterocycles. The first kappa shape index (κ1) is 13.5. The summed E-state index contributed by atoms with van der Waals surface area (Å²) in [5, 5.41) is 8.83.